The fourth-order valence-corrected chi connectivity index (χ4v) is 1.70. The van der Waals surface area contributed by atoms with Crippen LogP contribution in [0.15, 0.2) is 11.0 Å². The molecule has 1 aromatic heterocycles. The van der Waals surface area contributed by atoms with E-state index in [0.717, 1.165) is 23.5 Å². The Balaban J connectivity index is 2.54. The van der Waals surface area contributed by atoms with Crippen LogP contribution in [-0.4, -0.2) is 16.7 Å². The highest BCUT2D eigenvalue weighted by Crippen LogP contribution is 2.13. The van der Waals surface area contributed by atoms with Crippen LogP contribution in [0.5, 0.6) is 0 Å². The normalized spacial score (nSPS) is 12.1. The van der Waals surface area contributed by atoms with E-state index in [1.54, 1.807) is 11.3 Å². The van der Waals surface area contributed by atoms with E-state index >= 15 is 0 Å². The summed E-state index contributed by atoms with van der Waals surface area (Å²) in [5, 5.41) is 11.8. The smallest absolute Gasteiger partial charge is 0.0901 e. The SMILES string of the molecule is CC(=Cc1csc(C)n1)CCCO. The van der Waals surface area contributed by atoms with E-state index in [4.69, 9.17) is 5.11 Å². The van der Waals surface area contributed by atoms with Crippen LogP contribution in [-0.2, 0) is 0 Å². The Labute approximate surface area is 83.0 Å². The Hall–Kier alpha value is -0.670. The summed E-state index contributed by atoms with van der Waals surface area (Å²) >= 11 is 1.67. The van der Waals surface area contributed by atoms with Gasteiger partial charge in [0, 0.05) is 12.0 Å². The molecule has 0 saturated heterocycles. The monoisotopic (exact) mass is 197 g/mol. The zero-order valence-corrected chi connectivity index (χ0v) is 8.90. The second-order valence-electron chi connectivity index (χ2n) is 3.11. The Morgan fingerprint density at radius 3 is 3.00 bits per heavy atom. The molecule has 1 aromatic rings. The zero-order chi connectivity index (χ0) is 9.68. The number of thiazole rings is 1. The molecule has 2 nitrogen and oxygen atoms in total. The van der Waals surface area contributed by atoms with Crippen molar-refractivity contribution in [2.75, 3.05) is 6.61 Å². The molecule has 0 aliphatic rings. The number of aryl methyl sites for hydroxylation is 1. The summed E-state index contributed by atoms with van der Waals surface area (Å²) in [7, 11) is 0. The van der Waals surface area contributed by atoms with Gasteiger partial charge in [-0.15, -0.1) is 11.3 Å². The van der Waals surface area contributed by atoms with Gasteiger partial charge in [0.2, 0.25) is 0 Å². The van der Waals surface area contributed by atoms with Crippen LogP contribution in [0.25, 0.3) is 6.08 Å². The minimum absolute atomic E-state index is 0.265. The van der Waals surface area contributed by atoms with E-state index in [-0.39, 0.29) is 6.61 Å². The third-order valence-electron chi connectivity index (χ3n) is 1.76. The lowest BCUT2D eigenvalue weighted by molar-refractivity contribution is 0.288. The van der Waals surface area contributed by atoms with Gasteiger partial charge in [-0.05, 0) is 32.8 Å². The van der Waals surface area contributed by atoms with Crippen LogP contribution < -0.4 is 0 Å². The number of nitrogens with zero attached hydrogens (tertiary/aromatic N) is 1. The molecule has 0 aliphatic carbocycles. The summed E-state index contributed by atoms with van der Waals surface area (Å²) < 4.78 is 0. The molecule has 0 aliphatic heterocycles. The molecule has 0 atom stereocenters. The molecule has 0 fully saturated rings. The number of allylic oxidation sites excluding steroid dienone is 1. The third-order valence-corrected chi connectivity index (χ3v) is 2.55. The predicted molar refractivity (Wildman–Crippen MR) is 56.8 cm³/mol. The van der Waals surface area contributed by atoms with Gasteiger partial charge in [0.25, 0.3) is 0 Å². The van der Waals surface area contributed by atoms with Crippen molar-refractivity contribution < 1.29 is 5.11 Å². The number of rotatable bonds is 4. The number of aliphatic hydroxyl groups excluding tert-OH is 1. The molecule has 0 radical (unpaired) electrons. The van der Waals surface area contributed by atoms with Crippen LogP contribution in [0.3, 0.4) is 0 Å². The average molecular weight is 197 g/mol. The van der Waals surface area contributed by atoms with E-state index in [1.165, 1.54) is 5.57 Å². The van der Waals surface area contributed by atoms with E-state index in [1.807, 2.05) is 6.92 Å². The minimum atomic E-state index is 0.265. The van der Waals surface area contributed by atoms with E-state index < -0.39 is 0 Å². The third kappa shape index (κ3) is 3.70. The lowest BCUT2D eigenvalue weighted by Gasteiger charge is -1.96. The fourth-order valence-electron chi connectivity index (χ4n) is 1.13. The van der Waals surface area contributed by atoms with Crippen LogP contribution in [0.1, 0.15) is 30.5 Å². The number of hydrogen-bond acceptors (Lipinski definition) is 3. The first-order valence-corrected chi connectivity index (χ1v) is 5.30. The zero-order valence-electron chi connectivity index (χ0n) is 8.08. The van der Waals surface area contributed by atoms with Crippen LogP contribution in [0.4, 0.5) is 0 Å². The first-order chi connectivity index (χ1) is 6.22. The maximum absolute atomic E-state index is 8.64. The highest BCUT2D eigenvalue weighted by atomic mass is 32.1. The van der Waals surface area contributed by atoms with Gasteiger partial charge in [0.15, 0.2) is 0 Å². The van der Waals surface area contributed by atoms with Gasteiger partial charge in [0.05, 0.1) is 10.7 Å². The second-order valence-corrected chi connectivity index (χ2v) is 4.17. The Morgan fingerprint density at radius 2 is 2.46 bits per heavy atom. The van der Waals surface area contributed by atoms with Gasteiger partial charge in [-0.25, -0.2) is 4.98 Å². The lowest BCUT2D eigenvalue weighted by Crippen LogP contribution is -1.84. The molecule has 0 saturated carbocycles. The highest BCUT2D eigenvalue weighted by Gasteiger charge is 1.95. The van der Waals surface area contributed by atoms with Crippen molar-refractivity contribution in [3.05, 3.63) is 21.7 Å². The highest BCUT2D eigenvalue weighted by molar-refractivity contribution is 7.09. The standard InChI is InChI=1S/C10H15NOS/c1-8(4-3-5-12)6-10-7-13-9(2)11-10/h6-7,12H,3-5H2,1-2H3. The first-order valence-electron chi connectivity index (χ1n) is 4.42. The van der Waals surface area contributed by atoms with Crippen molar-refractivity contribution in [2.45, 2.75) is 26.7 Å². The van der Waals surface area contributed by atoms with Crippen LogP contribution >= 0.6 is 11.3 Å². The van der Waals surface area contributed by atoms with Crippen molar-refractivity contribution in [1.82, 2.24) is 4.98 Å². The number of hydrogen-bond donors (Lipinski definition) is 1. The van der Waals surface area contributed by atoms with Crippen molar-refractivity contribution in [1.29, 1.82) is 0 Å². The van der Waals surface area contributed by atoms with Gasteiger partial charge in [-0.3, -0.25) is 0 Å². The van der Waals surface area contributed by atoms with E-state index in [0.29, 0.717) is 0 Å². The molecule has 0 unspecified atom stereocenters. The topological polar surface area (TPSA) is 33.1 Å². The summed E-state index contributed by atoms with van der Waals surface area (Å²) in [4.78, 5) is 4.34. The summed E-state index contributed by atoms with van der Waals surface area (Å²) in [5.74, 6) is 0. The van der Waals surface area contributed by atoms with Gasteiger partial charge >= 0.3 is 0 Å². The Morgan fingerprint density at radius 1 is 1.69 bits per heavy atom. The van der Waals surface area contributed by atoms with Gasteiger partial charge in [-0.2, -0.15) is 0 Å². The van der Waals surface area contributed by atoms with Crippen LogP contribution in [0.2, 0.25) is 0 Å². The quantitative estimate of drug-likeness (QED) is 0.805. The van der Waals surface area contributed by atoms with E-state index in [9.17, 15) is 0 Å². The van der Waals surface area contributed by atoms with Crippen LogP contribution in [0, 0.1) is 6.92 Å². The van der Waals surface area contributed by atoms with Crippen molar-refractivity contribution in [3.63, 3.8) is 0 Å². The molecule has 0 amide bonds. The molecule has 1 heterocycles. The largest absolute Gasteiger partial charge is 0.396 e. The van der Waals surface area contributed by atoms with Gasteiger partial charge in [0.1, 0.15) is 0 Å². The minimum Gasteiger partial charge on any atom is -0.396 e. The molecule has 3 heteroatoms. The van der Waals surface area contributed by atoms with Gasteiger partial charge in [-0.1, -0.05) is 5.57 Å². The molecule has 1 rings (SSSR count). The Kier molecular flexibility index (Phi) is 4.12. The van der Waals surface area contributed by atoms with Crippen molar-refractivity contribution in [3.8, 4) is 0 Å². The molecule has 13 heavy (non-hydrogen) atoms. The van der Waals surface area contributed by atoms with Crippen molar-refractivity contribution in [2.24, 2.45) is 0 Å². The maximum atomic E-state index is 8.64. The summed E-state index contributed by atoms with van der Waals surface area (Å²) in [6, 6.07) is 0. The molecular weight excluding hydrogens is 182 g/mol. The summed E-state index contributed by atoms with van der Waals surface area (Å²) in [5.41, 5.74) is 2.32. The molecule has 72 valence electrons. The number of aliphatic hydroxyl groups is 1. The fraction of sp³-hybridized carbons (Fsp3) is 0.500. The average Bonchev–Trinajstić information content (AvgIpc) is 2.48. The molecule has 0 aromatic carbocycles. The molecule has 0 spiro atoms. The van der Waals surface area contributed by atoms with Crippen molar-refractivity contribution >= 4 is 17.4 Å². The molecule has 0 bridgehead atoms. The van der Waals surface area contributed by atoms with Gasteiger partial charge < -0.3 is 5.11 Å². The Bertz CT molecular complexity index is 291. The first kappa shape index (κ1) is 10.4. The summed E-state index contributed by atoms with van der Waals surface area (Å²) in [6.07, 6.45) is 3.87. The molecule has 1 N–H and O–H groups in total. The lowest BCUT2D eigenvalue weighted by atomic mass is 10.1. The predicted octanol–water partition coefficient (Wildman–Crippen LogP) is 2.63. The maximum Gasteiger partial charge on any atom is 0.0901 e. The van der Waals surface area contributed by atoms with E-state index in [2.05, 4.69) is 23.4 Å². The molecular formula is C10H15NOS. The number of aromatic nitrogens is 1. The second kappa shape index (κ2) is 5.14. The summed E-state index contributed by atoms with van der Waals surface area (Å²) in [6.45, 7) is 4.34.